The van der Waals surface area contributed by atoms with Crippen LogP contribution in [0, 0.1) is 5.41 Å². The van der Waals surface area contributed by atoms with E-state index in [1.54, 1.807) is 6.92 Å². The van der Waals surface area contributed by atoms with Crippen LogP contribution in [0.15, 0.2) is 0 Å². The number of aliphatic carboxylic acids is 1. The van der Waals surface area contributed by atoms with Gasteiger partial charge in [-0.1, -0.05) is 12.8 Å². The fourth-order valence-corrected chi connectivity index (χ4v) is 2.50. The molecule has 1 saturated carbocycles. The van der Waals surface area contributed by atoms with Gasteiger partial charge in [0.1, 0.15) is 0 Å². The summed E-state index contributed by atoms with van der Waals surface area (Å²) in [6.07, 6.45) is 2.81. The fraction of sp³-hybridized carbons (Fsp3) is 0.750. The molecule has 102 valence electrons. The summed E-state index contributed by atoms with van der Waals surface area (Å²) in [5.41, 5.74) is 4.10. The summed E-state index contributed by atoms with van der Waals surface area (Å²) in [6.45, 7) is 1.67. The van der Waals surface area contributed by atoms with Crippen LogP contribution < -0.4 is 11.1 Å². The van der Waals surface area contributed by atoms with Crippen molar-refractivity contribution < 1.29 is 19.5 Å². The maximum Gasteiger partial charge on any atom is 0.310 e. The zero-order valence-corrected chi connectivity index (χ0v) is 10.6. The van der Waals surface area contributed by atoms with Crippen LogP contribution in [0.2, 0.25) is 0 Å². The topological polar surface area (TPSA) is 109 Å². The molecule has 6 heteroatoms. The van der Waals surface area contributed by atoms with Gasteiger partial charge in [0.25, 0.3) is 0 Å². The Kier molecular flexibility index (Phi) is 4.69. The Labute approximate surface area is 106 Å². The molecule has 0 heterocycles. The molecule has 1 rings (SSSR count). The summed E-state index contributed by atoms with van der Waals surface area (Å²) in [6, 6.07) is -0.359. The summed E-state index contributed by atoms with van der Waals surface area (Å²) in [5, 5.41) is 11.9. The smallest absolute Gasteiger partial charge is 0.310 e. The monoisotopic (exact) mass is 256 g/mol. The molecule has 1 unspecified atom stereocenters. The van der Waals surface area contributed by atoms with Crippen LogP contribution in [-0.2, 0) is 14.4 Å². The highest BCUT2D eigenvalue weighted by Crippen LogP contribution is 2.41. The molecule has 0 saturated heterocycles. The van der Waals surface area contributed by atoms with Crippen molar-refractivity contribution in [2.45, 2.75) is 51.5 Å². The molecule has 18 heavy (non-hydrogen) atoms. The van der Waals surface area contributed by atoms with Gasteiger partial charge in [0.2, 0.25) is 11.8 Å². The van der Waals surface area contributed by atoms with E-state index >= 15 is 0 Å². The van der Waals surface area contributed by atoms with E-state index in [1.807, 2.05) is 0 Å². The molecule has 6 nitrogen and oxygen atoms in total. The maximum absolute atomic E-state index is 11.8. The molecule has 1 aliphatic carbocycles. The van der Waals surface area contributed by atoms with Crippen molar-refractivity contribution in [3.63, 3.8) is 0 Å². The van der Waals surface area contributed by atoms with E-state index in [1.165, 1.54) is 0 Å². The minimum atomic E-state index is -0.920. The number of carboxylic acids is 1. The number of rotatable bonds is 6. The number of primary amides is 1. The summed E-state index contributed by atoms with van der Waals surface area (Å²) in [4.78, 5) is 33.7. The van der Waals surface area contributed by atoms with Crippen molar-refractivity contribution in [3.05, 3.63) is 0 Å². The summed E-state index contributed by atoms with van der Waals surface area (Å²) >= 11 is 0. The highest BCUT2D eigenvalue weighted by atomic mass is 16.4. The average Bonchev–Trinajstić information content (AvgIpc) is 2.65. The number of carboxylic acid groups (broad SMARTS) is 1. The molecular formula is C12H20N2O4. The third-order valence-electron chi connectivity index (χ3n) is 3.43. The molecule has 0 aliphatic heterocycles. The van der Waals surface area contributed by atoms with Crippen molar-refractivity contribution in [1.29, 1.82) is 0 Å². The number of nitrogens with two attached hydrogens (primary N) is 1. The van der Waals surface area contributed by atoms with Gasteiger partial charge in [-0.05, 0) is 19.8 Å². The first-order chi connectivity index (χ1) is 8.35. The van der Waals surface area contributed by atoms with Crippen LogP contribution in [0.1, 0.15) is 45.4 Å². The fourth-order valence-electron chi connectivity index (χ4n) is 2.50. The van der Waals surface area contributed by atoms with Gasteiger partial charge < -0.3 is 16.2 Å². The lowest BCUT2D eigenvalue weighted by molar-refractivity contribution is -0.151. The van der Waals surface area contributed by atoms with Crippen LogP contribution in [0.25, 0.3) is 0 Å². The van der Waals surface area contributed by atoms with E-state index in [9.17, 15) is 19.5 Å². The summed E-state index contributed by atoms with van der Waals surface area (Å²) in [7, 11) is 0. The zero-order valence-electron chi connectivity index (χ0n) is 10.6. The predicted octanol–water partition coefficient (Wildman–Crippen LogP) is 0.402. The standard InChI is InChI=1S/C12H20N2O4/c1-8(6-9(13)15)14-10(16)7-12(11(17)18)4-2-3-5-12/h8H,2-7H2,1H3,(H2,13,15)(H,14,16)(H,17,18). The van der Waals surface area contributed by atoms with Crippen molar-refractivity contribution in [3.8, 4) is 0 Å². The van der Waals surface area contributed by atoms with E-state index in [2.05, 4.69) is 5.32 Å². The van der Waals surface area contributed by atoms with Crippen molar-refractivity contribution in [2.24, 2.45) is 11.1 Å². The van der Waals surface area contributed by atoms with E-state index in [-0.39, 0.29) is 24.8 Å². The molecule has 0 aromatic heterocycles. The minimum absolute atomic E-state index is 0.0224. The molecule has 1 fully saturated rings. The molecule has 1 atom stereocenters. The predicted molar refractivity (Wildman–Crippen MR) is 64.6 cm³/mol. The maximum atomic E-state index is 11.8. The Bertz CT molecular complexity index is 348. The highest BCUT2D eigenvalue weighted by Gasteiger charge is 2.43. The zero-order chi connectivity index (χ0) is 13.8. The molecular weight excluding hydrogens is 236 g/mol. The molecule has 0 aromatic rings. The highest BCUT2D eigenvalue weighted by molar-refractivity contribution is 5.85. The van der Waals surface area contributed by atoms with Crippen molar-refractivity contribution in [1.82, 2.24) is 5.32 Å². The third-order valence-corrected chi connectivity index (χ3v) is 3.43. The van der Waals surface area contributed by atoms with Gasteiger partial charge in [-0.3, -0.25) is 14.4 Å². The van der Waals surface area contributed by atoms with Gasteiger partial charge >= 0.3 is 5.97 Å². The van der Waals surface area contributed by atoms with Crippen LogP contribution >= 0.6 is 0 Å². The average molecular weight is 256 g/mol. The third kappa shape index (κ3) is 3.72. The lowest BCUT2D eigenvalue weighted by Crippen LogP contribution is -2.40. The Morgan fingerprint density at radius 3 is 2.33 bits per heavy atom. The van der Waals surface area contributed by atoms with Gasteiger partial charge in [-0.25, -0.2) is 0 Å². The summed E-state index contributed by atoms with van der Waals surface area (Å²) in [5.74, 6) is -1.72. The quantitative estimate of drug-likeness (QED) is 0.639. The molecule has 1 aliphatic rings. The molecule has 0 spiro atoms. The Morgan fingerprint density at radius 1 is 1.33 bits per heavy atom. The molecule has 0 aromatic carbocycles. The van der Waals surface area contributed by atoms with Crippen LogP contribution in [0.3, 0.4) is 0 Å². The van der Waals surface area contributed by atoms with E-state index in [0.29, 0.717) is 12.8 Å². The number of hydrogen-bond donors (Lipinski definition) is 3. The number of amides is 2. The lowest BCUT2D eigenvalue weighted by Gasteiger charge is -2.23. The molecule has 0 bridgehead atoms. The SMILES string of the molecule is CC(CC(N)=O)NC(=O)CC1(C(=O)O)CCCC1. The number of nitrogens with one attached hydrogen (secondary N) is 1. The first-order valence-electron chi connectivity index (χ1n) is 6.17. The minimum Gasteiger partial charge on any atom is -0.481 e. The second-order valence-corrected chi connectivity index (χ2v) is 5.11. The van der Waals surface area contributed by atoms with E-state index in [4.69, 9.17) is 5.73 Å². The lowest BCUT2D eigenvalue weighted by atomic mass is 9.82. The van der Waals surface area contributed by atoms with E-state index in [0.717, 1.165) is 12.8 Å². The van der Waals surface area contributed by atoms with Crippen LogP contribution in [0.4, 0.5) is 0 Å². The van der Waals surface area contributed by atoms with Crippen molar-refractivity contribution in [2.75, 3.05) is 0 Å². The first kappa shape index (κ1) is 14.5. The van der Waals surface area contributed by atoms with Gasteiger partial charge in [0.15, 0.2) is 0 Å². The molecule has 0 radical (unpaired) electrons. The second-order valence-electron chi connectivity index (χ2n) is 5.11. The van der Waals surface area contributed by atoms with Crippen molar-refractivity contribution >= 4 is 17.8 Å². The molecule has 2 amide bonds. The number of carbonyl (C=O) groups excluding carboxylic acids is 2. The van der Waals surface area contributed by atoms with Crippen LogP contribution in [-0.4, -0.2) is 28.9 Å². The van der Waals surface area contributed by atoms with Crippen LogP contribution in [0.5, 0.6) is 0 Å². The largest absolute Gasteiger partial charge is 0.481 e. The number of hydrogen-bond acceptors (Lipinski definition) is 3. The normalized spacial score (nSPS) is 19.2. The summed E-state index contributed by atoms with van der Waals surface area (Å²) < 4.78 is 0. The van der Waals surface area contributed by atoms with Gasteiger partial charge in [-0.15, -0.1) is 0 Å². The van der Waals surface area contributed by atoms with Gasteiger partial charge in [-0.2, -0.15) is 0 Å². The van der Waals surface area contributed by atoms with Gasteiger partial charge in [0.05, 0.1) is 5.41 Å². The Morgan fingerprint density at radius 2 is 1.89 bits per heavy atom. The first-order valence-corrected chi connectivity index (χ1v) is 6.17. The Balaban J connectivity index is 2.52. The van der Waals surface area contributed by atoms with E-state index < -0.39 is 17.3 Å². The number of carbonyl (C=O) groups is 3. The Hall–Kier alpha value is -1.59. The molecule has 4 N–H and O–H groups in total. The second kappa shape index (κ2) is 5.84. The van der Waals surface area contributed by atoms with Gasteiger partial charge in [0, 0.05) is 18.9 Å².